The van der Waals surface area contributed by atoms with Gasteiger partial charge in [0.1, 0.15) is 10.7 Å². The van der Waals surface area contributed by atoms with Gasteiger partial charge in [-0.2, -0.15) is 0 Å². The van der Waals surface area contributed by atoms with E-state index in [1.807, 2.05) is 0 Å². The normalized spacial score (nSPS) is 17.4. The molecule has 2 heterocycles. The number of hydrogen-bond acceptors (Lipinski definition) is 5. The van der Waals surface area contributed by atoms with E-state index in [1.54, 1.807) is 4.90 Å². The summed E-state index contributed by atoms with van der Waals surface area (Å²) < 4.78 is 3.74. The smallest absolute Gasteiger partial charge is 0.222 e. The zero-order chi connectivity index (χ0) is 9.97. The van der Waals surface area contributed by atoms with Gasteiger partial charge in [0.15, 0.2) is 0 Å². The van der Waals surface area contributed by atoms with E-state index in [1.165, 1.54) is 11.5 Å². The van der Waals surface area contributed by atoms with Crippen molar-refractivity contribution in [3.8, 4) is 0 Å². The molecule has 0 atom stereocenters. The second-order valence-corrected chi connectivity index (χ2v) is 4.14. The van der Waals surface area contributed by atoms with Crippen LogP contribution in [0, 0.1) is 0 Å². The Morgan fingerprint density at radius 3 is 3.00 bits per heavy atom. The lowest BCUT2D eigenvalue weighted by Crippen LogP contribution is -2.34. The summed E-state index contributed by atoms with van der Waals surface area (Å²) in [5, 5.41) is 4.51. The summed E-state index contributed by atoms with van der Waals surface area (Å²) in [5.41, 5.74) is 6.39. The molecule has 0 radical (unpaired) electrons. The Kier molecular flexibility index (Phi) is 2.62. The highest BCUT2D eigenvalue weighted by molar-refractivity contribution is 7.09. The molecule has 0 aromatic carbocycles. The Balaban J connectivity index is 2.03. The van der Waals surface area contributed by atoms with E-state index >= 15 is 0 Å². The predicted molar refractivity (Wildman–Crippen MR) is 53.6 cm³/mol. The number of hydrogen-bond donors (Lipinski definition) is 1. The number of nitrogens with two attached hydrogens (primary N) is 1. The van der Waals surface area contributed by atoms with E-state index < -0.39 is 0 Å². The van der Waals surface area contributed by atoms with Crippen LogP contribution in [-0.2, 0) is 11.3 Å². The van der Waals surface area contributed by atoms with Gasteiger partial charge in [-0.3, -0.25) is 4.79 Å². The Morgan fingerprint density at radius 2 is 2.36 bits per heavy atom. The SMILES string of the molecule is Nc1snnc1CN1CCCCC1=O. The van der Waals surface area contributed by atoms with Crippen LogP contribution in [0.5, 0.6) is 0 Å². The standard InChI is InChI=1S/C8H12N4OS/c9-8-6(10-11-14-8)5-12-4-2-1-3-7(12)13/h1-5,9H2. The molecule has 0 saturated carbocycles. The molecule has 1 saturated heterocycles. The lowest BCUT2D eigenvalue weighted by atomic mass is 10.1. The van der Waals surface area contributed by atoms with E-state index in [0.717, 1.165) is 25.1 Å². The van der Waals surface area contributed by atoms with E-state index in [0.29, 0.717) is 18.0 Å². The number of carbonyl (C=O) groups excluding carboxylic acids is 1. The topological polar surface area (TPSA) is 72.1 Å². The molecule has 0 unspecified atom stereocenters. The van der Waals surface area contributed by atoms with Crippen LogP contribution < -0.4 is 5.73 Å². The van der Waals surface area contributed by atoms with E-state index in [-0.39, 0.29) is 5.91 Å². The van der Waals surface area contributed by atoms with Gasteiger partial charge in [-0.1, -0.05) is 4.49 Å². The van der Waals surface area contributed by atoms with Crippen molar-refractivity contribution in [2.24, 2.45) is 0 Å². The summed E-state index contributed by atoms with van der Waals surface area (Å²) in [6.45, 7) is 1.33. The maximum Gasteiger partial charge on any atom is 0.222 e. The monoisotopic (exact) mass is 212 g/mol. The van der Waals surface area contributed by atoms with Crippen molar-refractivity contribution in [1.29, 1.82) is 0 Å². The van der Waals surface area contributed by atoms with Gasteiger partial charge in [0.25, 0.3) is 0 Å². The third-order valence-electron chi connectivity index (χ3n) is 2.35. The largest absolute Gasteiger partial charge is 0.388 e. The highest BCUT2D eigenvalue weighted by Gasteiger charge is 2.19. The van der Waals surface area contributed by atoms with E-state index in [9.17, 15) is 4.79 Å². The molecule has 2 rings (SSSR count). The Bertz CT molecular complexity index is 338. The molecular formula is C8H12N4OS. The van der Waals surface area contributed by atoms with Crippen molar-refractivity contribution in [3.63, 3.8) is 0 Å². The van der Waals surface area contributed by atoms with Crippen LogP contribution in [-0.4, -0.2) is 26.9 Å². The first-order chi connectivity index (χ1) is 6.77. The number of aromatic nitrogens is 2. The molecule has 0 aliphatic carbocycles. The molecule has 0 spiro atoms. The number of amides is 1. The highest BCUT2D eigenvalue weighted by Crippen LogP contribution is 2.18. The molecular weight excluding hydrogens is 200 g/mol. The van der Waals surface area contributed by atoms with Gasteiger partial charge in [-0.05, 0) is 12.8 Å². The maximum atomic E-state index is 11.5. The minimum absolute atomic E-state index is 0.198. The van der Waals surface area contributed by atoms with Crippen molar-refractivity contribution in [2.75, 3.05) is 12.3 Å². The van der Waals surface area contributed by atoms with E-state index in [4.69, 9.17) is 5.73 Å². The van der Waals surface area contributed by atoms with Crippen molar-refractivity contribution >= 4 is 22.4 Å². The first kappa shape index (κ1) is 9.39. The van der Waals surface area contributed by atoms with Crippen LogP contribution in [0.2, 0.25) is 0 Å². The van der Waals surface area contributed by atoms with E-state index in [2.05, 4.69) is 9.59 Å². The molecule has 14 heavy (non-hydrogen) atoms. The highest BCUT2D eigenvalue weighted by atomic mass is 32.1. The first-order valence-electron chi connectivity index (χ1n) is 4.62. The van der Waals surface area contributed by atoms with Gasteiger partial charge < -0.3 is 10.6 Å². The third-order valence-corrected chi connectivity index (χ3v) is 2.94. The zero-order valence-electron chi connectivity index (χ0n) is 7.77. The number of likely N-dealkylation sites (tertiary alicyclic amines) is 1. The summed E-state index contributed by atoms with van der Waals surface area (Å²) in [4.78, 5) is 13.3. The lowest BCUT2D eigenvalue weighted by molar-refractivity contribution is -0.133. The molecule has 1 amide bonds. The first-order valence-corrected chi connectivity index (χ1v) is 5.39. The van der Waals surface area contributed by atoms with Crippen LogP contribution in [0.4, 0.5) is 5.00 Å². The van der Waals surface area contributed by atoms with Crippen molar-refractivity contribution < 1.29 is 4.79 Å². The average Bonchev–Trinajstić information content (AvgIpc) is 2.56. The molecule has 1 aliphatic rings. The summed E-state index contributed by atoms with van der Waals surface area (Å²) in [5.74, 6) is 0.198. The molecule has 1 aliphatic heterocycles. The molecule has 1 aromatic rings. The van der Waals surface area contributed by atoms with Crippen molar-refractivity contribution in [2.45, 2.75) is 25.8 Å². The second-order valence-electron chi connectivity index (χ2n) is 3.36. The van der Waals surface area contributed by atoms with Gasteiger partial charge >= 0.3 is 0 Å². The fraction of sp³-hybridized carbons (Fsp3) is 0.625. The van der Waals surface area contributed by atoms with Crippen LogP contribution >= 0.6 is 11.5 Å². The average molecular weight is 212 g/mol. The number of nitrogen functional groups attached to an aromatic ring is 1. The Labute approximate surface area is 86.1 Å². The Morgan fingerprint density at radius 1 is 1.50 bits per heavy atom. The van der Waals surface area contributed by atoms with Crippen LogP contribution in [0.15, 0.2) is 0 Å². The van der Waals surface area contributed by atoms with Gasteiger partial charge in [0.2, 0.25) is 5.91 Å². The molecule has 6 heteroatoms. The van der Waals surface area contributed by atoms with Gasteiger partial charge in [-0.25, -0.2) is 0 Å². The fourth-order valence-corrected chi connectivity index (χ4v) is 1.97. The Hall–Kier alpha value is -1.17. The predicted octanol–water partition coefficient (Wildman–Crippen LogP) is 0.633. The third kappa shape index (κ3) is 1.84. The number of anilines is 1. The molecule has 1 aromatic heterocycles. The fourth-order valence-electron chi connectivity index (χ4n) is 1.53. The van der Waals surface area contributed by atoms with Gasteiger partial charge in [0, 0.05) is 24.5 Å². The summed E-state index contributed by atoms with van der Waals surface area (Å²) >= 11 is 1.17. The minimum atomic E-state index is 0.198. The minimum Gasteiger partial charge on any atom is -0.388 e. The lowest BCUT2D eigenvalue weighted by Gasteiger charge is -2.25. The van der Waals surface area contributed by atoms with Crippen LogP contribution in [0.1, 0.15) is 25.0 Å². The summed E-state index contributed by atoms with van der Waals surface area (Å²) in [6.07, 6.45) is 2.72. The molecule has 2 N–H and O–H groups in total. The molecule has 5 nitrogen and oxygen atoms in total. The zero-order valence-corrected chi connectivity index (χ0v) is 8.59. The quantitative estimate of drug-likeness (QED) is 0.780. The van der Waals surface area contributed by atoms with Crippen molar-refractivity contribution in [1.82, 2.24) is 14.5 Å². The molecule has 76 valence electrons. The number of rotatable bonds is 2. The van der Waals surface area contributed by atoms with Gasteiger partial charge in [0.05, 0.1) is 6.54 Å². The van der Waals surface area contributed by atoms with Crippen LogP contribution in [0.25, 0.3) is 0 Å². The summed E-state index contributed by atoms with van der Waals surface area (Å²) in [7, 11) is 0. The molecule has 0 bridgehead atoms. The number of piperidine rings is 1. The second kappa shape index (κ2) is 3.91. The summed E-state index contributed by atoms with van der Waals surface area (Å²) in [6, 6.07) is 0. The number of nitrogens with zero attached hydrogens (tertiary/aromatic N) is 3. The maximum absolute atomic E-state index is 11.5. The van der Waals surface area contributed by atoms with Crippen LogP contribution in [0.3, 0.4) is 0 Å². The molecule has 1 fully saturated rings. The number of carbonyl (C=O) groups is 1. The van der Waals surface area contributed by atoms with Gasteiger partial charge in [-0.15, -0.1) is 5.10 Å². The van der Waals surface area contributed by atoms with Crippen molar-refractivity contribution in [3.05, 3.63) is 5.69 Å².